The Morgan fingerprint density at radius 1 is 0.974 bits per heavy atom. The maximum atomic E-state index is 15.6. The van der Waals surface area contributed by atoms with Gasteiger partial charge in [-0.25, -0.2) is 19.2 Å². The van der Waals surface area contributed by atoms with Crippen molar-refractivity contribution < 1.29 is 18.7 Å². The molecule has 1 N–H and O–H groups in total. The number of benzene rings is 3. The van der Waals surface area contributed by atoms with Crippen LogP contribution in [0, 0.1) is 12.7 Å². The molecule has 192 valence electrons. The smallest absolute Gasteiger partial charge is 0.430 e. The van der Waals surface area contributed by atoms with E-state index < -0.39 is 5.82 Å². The van der Waals surface area contributed by atoms with Gasteiger partial charge in [-0.2, -0.15) is 4.48 Å². The molecule has 1 unspecified atom stereocenters. The Hall–Kier alpha value is -4.40. The van der Waals surface area contributed by atoms with Gasteiger partial charge in [0.05, 0.1) is 31.5 Å². The van der Waals surface area contributed by atoms with E-state index in [1.165, 1.54) is 12.4 Å². The summed E-state index contributed by atoms with van der Waals surface area (Å²) in [6, 6.07) is 21.9. The second-order valence-electron chi connectivity index (χ2n) is 9.33. The average Bonchev–Trinajstić information content (AvgIpc) is 3.18. The third-order valence-electron chi connectivity index (χ3n) is 6.61. The number of hydrogen-bond acceptors (Lipinski definition) is 5. The SMILES string of the molecule is CC1=Cc2c(ccc(Oc3cc(COCc4ccccc4)ncn3)c2F)[N+]1(C)C(=O)Nc1cccc(C)c1. The fourth-order valence-electron chi connectivity index (χ4n) is 4.40. The molecular formula is C30H28FN4O3+. The van der Waals surface area contributed by atoms with Gasteiger partial charge in [-0.15, -0.1) is 0 Å². The summed E-state index contributed by atoms with van der Waals surface area (Å²) in [5.74, 6) is -0.354. The first-order chi connectivity index (χ1) is 18.3. The molecule has 0 bridgehead atoms. The van der Waals surface area contributed by atoms with E-state index in [9.17, 15) is 4.79 Å². The quantitative estimate of drug-likeness (QED) is 0.271. The maximum Gasteiger partial charge on any atom is 0.430 e. The molecule has 0 fully saturated rings. The number of fused-ring (bicyclic) bond motifs is 1. The van der Waals surface area contributed by atoms with E-state index in [0.29, 0.717) is 34.9 Å². The molecule has 0 saturated heterocycles. The van der Waals surface area contributed by atoms with Crippen molar-refractivity contribution in [1.29, 1.82) is 0 Å². The number of carbonyl (C=O) groups is 1. The first-order valence-electron chi connectivity index (χ1n) is 12.2. The summed E-state index contributed by atoms with van der Waals surface area (Å²) in [7, 11) is 1.74. The topological polar surface area (TPSA) is 73.3 Å². The molecule has 4 aromatic rings. The molecule has 1 aromatic heterocycles. The van der Waals surface area contributed by atoms with Crippen molar-refractivity contribution in [2.75, 3.05) is 12.4 Å². The summed E-state index contributed by atoms with van der Waals surface area (Å²) in [6.07, 6.45) is 3.03. The van der Waals surface area contributed by atoms with Crippen LogP contribution in [0.3, 0.4) is 0 Å². The summed E-state index contributed by atoms with van der Waals surface area (Å²) in [4.78, 5) is 21.7. The van der Waals surface area contributed by atoms with Crippen molar-refractivity contribution in [2.24, 2.45) is 0 Å². The highest BCUT2D eigenvalue weighted by Crippen LogP contribution is 2.43. The van der Waals surface area contributed by atoms with Gasteiger partial charge in [0.1, 0.15) is 12.0 Å². The van der Waals surface area contributed by atoms with Gasteiger partial charge in [-0.05, 0) is 36.2 Å². The highest BCUT2D eigenvalue weighted by molar-refractivity contribution is 6.03. The number of amides is 2. The van der Waals surface area contributed by atoms with Crippen molar-refractivity contribution >= 4 is 23.5 Å². The molecule has 2 heterocycles. The number of quaternary nitrogens is 1. The van der Waals surface area contributed by atoms with Crippen LogP contribution in [0.2, 0.25) is 0 Å². The number of rotatable bonds is 7. The predicted octanol–water partition coefficient (Wildman–Crippen LogP) is 6.98. The van der Waals surface area contributed by atoms with Crippen LogP contribution in [0.1, 0.15) is 29.3 Å². The number of ether oxygens (including phenoxy) is 2. The molecule has 3 aromatic carbocycles. The monoisotopic (exact) mass is 511 g/mol. The van der Waals surface area contributed by atoms with Gasteiger partial charge in [0, 0.05) is 30.8 Å². The molecule has 38 heavy (non-hydrogen) atoms. The van der Waals surface area contributed by atoms with Crippen LogP contribution in [0.25, 0.3) is 6.08 Å². The normalized spacial score (nSPS) is 16.1. The van der Waals surface area contributed by atoms with Gasteiger partial charge in [0.15, 0.2) is 17.3 Å². The van der Waals surface area contributed by atoms with Crippen LogP contribution in [-0.2, 0) is 18.0 Å². The van der Waals surface area contributed by atoms with Crippen molar-refractivity contribution in [2.45, 2.75) is 27.1 Å². The fourth-order valence-corrected chi connectivity index (χ4v) is 4.40. The van der Waals surface area contributed by atoms with Crippen molar-refractivity contribution in [3.05, 3.63) is 113 Å². The predicted molar refractivity (Wildman–Crippen MR) is 145 cm³/mol. The molecule has 2 amide bonds. The van der Waals surface area contributed by atoms with Gasteiger partial charge >= 0.3 is 6.03 Å². The largest absolute Gasteiger partial charge is 0.436 e. The molecule has 8 heteroatoms. The molecule has 5 rings (SSSR count). The van der Waals surface area contributed by atoms with E-state index >= 15 is 4.39 Å². The molecule has 1 aliphatic heterocycles. The van der Waals surface area contributed by atoms with Gasteiger partial charge in [0.2, 0.25) is 5.88 Å². The lowest BCUT2D eigenvalue weighted by Gasteiger charge is -2.28. The number of halogens is 1. The average molecular weight is 512 g/mol. The zero-order valence-corrected chi connectivity index (χ0v) is 21.4. The zero-order valence-electron chi connectivity index (χ0n) is 21.4. The lowest BCUT2D eigenvalue weighted by molar-refractivity contribution is 0.104. The van der Waals surface area contributed by atoms with Gasteiger partial charge in [0.25, 0.3) is 0 Å². The third kappa shape index (κ3) is 5.04. The summed E-state index contributed by atoms with van der Waals surface area (Å²) in [6.45, 7) is 4.47. The first kappa shape index (κ1) is 25.3. The lowest BCUT2D eigenvalue weighted by Crippen LogP contribution is -2.50. The summed E-state index contributed by atoms with van der Waals surface area (Å²) in [5.41, 5.74) is 4.89. The van der Waals surface area contributed by atoms with E-state index in [1.54, 1.807) is 25.3 Å². The van der Waals surface area contributed by atoms with Crippen LogP contribution in [0.4, 0.5) is 20.6 Å². The van der Waals surface area contributed by atoms with Crippen LogP contribution in [0.5, 0.6) is 11.6 Å². The molecular weight excluding hydrogens is 483 g/mol. The second-order valence-corrected chi connectivity index (χ2v) is 9.33. The standard InChI is InChI=1S/C30H27FN4O3/c1-20-8-7-11-23(14-20)34-30(36)35(3)21(2)15-25-26(35)12-13-27(29(25)31)38-28-16-24(32-19-33-28)18-37-17-22-9-5-4-6-10-22/h4-16,19H,17-18H2,1-3H3/p+1. The highest BCUT2D eigenvalue weighted by Gasteiger charge is 2.45. The van der Waals surface area contributed by atoms with Crippen LogP contribution in [-0.4, -0.2) is 23.0 Å². The number of aromatic nitrogens is 2. The molecule has 7 nitrogen and oxygen atoms in total. The molecule has 1 atom stereocenters. The summed E-state index contributed by atoms with van der Waals surface area (Å²) >= 11 is 0. The third-order valence-corrected chi connectivity index (χ3v) is 6.61. The minimum atomic E-state index is -0.562. The number of nitrogens with zero attached hydrogens (tertiary/aromatic N) is 3. The number of hydrogen-bond donors (Lipinski definition) is 1. The highest BCUT2D eigenvalue weighted by atomic mass is 19.1. The number of carbonyl (C=O) groups excluding carboxylic acids is 1. The van der Waals surface area contributed by atoms with Crippen LogP contribution < -0.4 is 14.5 Å². The number of nitrogens with one attached hydrogen (secondary N) is 1. The Bertz CT molecular complexity index is 1520. The molecule has 1 aliphatic rings. The van der Waals surface area contributed by atoms with Gasteiger partial charge < -0.3 is 9.47 Å². The number of allylic oxidation sites excluding steroid dienone is 1. The zero-order chi connectivity index (χ0) is 26.7. The van der Waals surface area contributed by atoms with Crippen molar-refractivity contribution in [3.63, 3.8) is 0 Å². The fraction of sp³-hybridized carbons (Fsp3) is 0.167. The second kappa shape index (κ2) is 10.5. The molecule has 0 saturated carbocycles. The Labute approximate surface area is 220 Å². The van der Waals surface area contributed by atoms with E-state index in [0.717, 1.165) is 11.1 Å². The summed E-state index contributed by atoms with van der Waals surface area (Å²) in [5, 5.41) is 2.95. The molecule has 0 spiro atoms. The number of urea groups is 1. The van der Waals surface area contributed by atoms with Crippen LogP contribution >= 0.6 is 0 Å². The van der Waals surface area contributed by atoms with Gasteiger partial charge in [-0.1, -0.05) is 42.5 Å². The minimum absolute atomic E-state index is 0.00944. The molecule has 0 radical (unpaired) electrons. The van der Waals surface area contributed by atoms with Crippen molar-refractivity contribution in [1.82, 2.24) is 14.5 Å². The Morgan fingerprint density at radius 3 is 2.58 bits per heavy atom. The van der Waals surface area contributed by atoms with E-state index in [4.69, 9.17) is 9.47 Å². The van der Waals surface area contributed by atoms with Gasteiger partial charge in [-0.3, -0.25) is 5.32 Å². The number of aryl methyl sites for hydroxylation is 1. The Morgan fingerprint density at radius 2 is 1.79 bits per heavy atom. The van der Waals surface area contributed by atoms with Crippen molar-refractivity contribution in [3.8, 4) is 11.6 Å². The minimum Gasteiger partial charge on any atom is -0.436 e. The van der Waals surface area contributed by atoms with E-state index in [-0.39, 0.29) is 28.8 Å². The maximum absolute atomic E-state index is 15.6. The summed E-state index contributed by atoms with van der Waals surface area (Å²) < 4.78 is 27.0. The lowest BCUT2D eigenvalue weighted by atomic mass is 10.1. The van der Waals surface area contributed by atoms with E-state index in [1.807, 2.05) is 68.4 Å². The van der Waals surface area contributed by atoms with E-state index in [2.05, 4.69) is 15.3 Å². The Kier molecular flexibility index (Phi) is 7.00. The van der Waals surface area contributed by atoms with Crippen LogP contribution in [0.15, 0.2) is 84.8 Å². The number of anilines is 1. The first-order valence-corrected chi connectivity index (χ1v) is 12.2. The molecule has 0 aliphatic carbocycles. The Balaban J connectivity index is 1.32.